The minimum Gasteiger partial charge on any atom is -0.467 e. The predicted molar refractivity (Wildman–Crippen MR) is 113 cm³/mol. The lowest BCUT2D eigenvalue weighted by Crippen LogP contribution is -2.30. The van der Waals surface area contributed by atoms with Crippen molar-refractivity contribution in [1.29, 1.82) is 0 Å². The van der Waals surface area contributed by atoms with Crippen LogP contribution in [0.4, 0.5) is 11.4 Å². The number of fused-ring (bicyclic) bond motifs is 1. The summed E-state index contributed by atoms with van der Waals surface area (Å²) in [6, 6.07) is 17.2. The highest BCUT2D eigenvalue weighted by molar-refractivity contribution is 6.07. The highest BCUT2D eigenvalue weighted by Gasteiger charge is 2.26. The van der Waals surface area contributed by atoms with Gasteiger partial charge in [-0.05, 0) is 61.4 Å². The molecule has 0 saturated heterocycles. The molecule has 0 N–H and O–H groups in total. The summed E-state index contributed by atoms with van der Waals surface area (Å²) in [5.74, 6) is 0.745. The number of benzene rings is 2. The molecular formula is C24H24N2O3. The van der Waals surface area contributed by atoms with Crippen molar-refractivity contribution in [3.8, 4) is 0 Å². The zero-order valence-corrected chi connectivity index (χ0v) is 16.7. The molecule has 1 aliphatic heterocycles. The molecule has 0 saturated carbocycles. The zero-order chi connectivity index (χ0) is 20.4. The van der Waals surface area contributed by atoms with Crippen molar-refractivity contribution in [1.82, 2.24) is 0 Å². The molecule has 0 radical (unpaired) electrons. The molecule has 0 unspecified atom stereocenters. The van der Waals surface area contributed by atoms with Gasteiger partial charge in [-0.1, -0.05) is 24.6 Å². The van der Waals surface area contributed by atoms with E-state index in [1.165, 1.54) is 0 Å². The Balaban J connectivity index is 1.66. The van der Waals surface area contributed by atoms with E-state index in [4.69, 9.17) is 4.42 Å². The SMILES string of the molecule is CCC(=O)N1CCc2cc(C(=O)N(Cc3ccco3)c3ccc(C)cc3)ccc21. The molecule has 5 heteroatoms. The number of carbonyl (C=O) groups excluding carboxylic acids is 2. The quantitative estimate of drug-likeness (QED) is 0.635. The van der Waals surface area contributed by atoms with E-state index in [1.807, 2.05) is 73.3 Å². The van der Waals surface area contributed by atoms with Crippen LogP contribution in [0.5, 0.6) is 0 Å². The molecule has 4 rings (SSSR count). The Morgan fingerprint density at radius 1 is 1.10 bits per heavy atom. The number of hydrogen-bond acceptors (Lipinski definition) is 3. The first kappa shape index (κ1) is 19.0. The second kappa shape index (κ2) is 7.95. The van der Waals surface area contributed by atoms with E-state index in [2.05, 4.69) is 0 Å². The maximum Gasteiger partial charge on any atom is 0.258 e. The van der Waals surface area contributed by atoms with Crippen LogP contribution in [0.1, 0.15) is 40.6 Å². The highest BCUT2D eigenvalue weighted by atomic mass is 16.3. The van der Waals surface area contributed by atoms with Gasteiger partial charge in [0.15, 0.2) is 0 Å². The molecule has 2 aromatic carbocycles. The summed E-state index contributed by atoms with van der Waals surface area (Å²) in [6.45, 7) is 4.92. The van der Waals surface area contributed by atoms with E-state index in [0.717, 1.165) is 34.7 Å². The third-order valence-corrected chi connectivity index (χ3v) is 5.31. The summed E-state index contributed by atoms with van der Waals surface area (Å²) in [5.41, 5.74) is 4.53. The van der Waals surface area contributed by atoms with Crippen molar-refractivity contribution in [2.75, 3.05) is 16.3 Å². The largest absolute Gasteiger partial charge is 0.467 e. The first-order valence-electron chi connectivity index (χ1n) is 9.91. The predicted octanol–water partition coefficient (Wildman–Crippen LogP) is 4.73. The highest BCUT2D eigenvalue weighted by Crippen LogP contribution is 2.30. The molecule has 2 amide bonds. The van der Waals surface area contributed by atoms with Gasteiger partial charge in [-0.25, -0.2) is 0 Å². The third kappa shape index (κ3) is 3.81. The van der Waals surface area contributed by atoms with Gasteiger partial charge >= 0.3 is 0 Å². The number of amides is 2. The third-order valence-electron chi connectivity index (χ3n) is 5.31. The van der Waals surface area contributed by atoms with E-state index >= 15 is 0 Å². The fourth-order valence-corrected chi connectivity index (χ4v) is 3.70. The molecule has 0 bridgehead atoms. The summed E-state index contributed by atoms with van der Waals surface area (Å²) in [4.78, 5) is 29.1. The lowest BCUT2D eigenvalue weighted by molar-refractivity contribution is -0.118. The molecule has 1 aromatic heterocycles. The van der Waals surface area contributed by atoms with E-state index in [1.54, 1.807) is 11.2 Å². The Kier molecular flexibility index (Phi) is 5.21. The number of carbonyl (C=O) groups is 2. The van der Waals surface area contributed by atoms with E-state index in [0.29, 0.717) is 25.1 Å². The van der Waals surface area contributed by atoms with Crippen LogP contribution in [0, 0.1) is 6.92 Å². The van der Waals surface area contributed by atoms with Crippen LogP contribution >= 0.6 is 0 Å². The summed E-state index contributed by atoms with van der Waals surface area (Å²) in [5, 5.41) is 0. The van der Waals surface area contributed by atoms with Crippen molar-refractivity contribution in [3.63, 3.8) is 0 Å². The van der Waals surface area contributed by atoms with Gasteiger partial charge in [0.05, 0.1) is 12.8 Å². The lowest BCUT2D eigenvalue weighted by atomic mass is 10.1. The van der Waals surface area contributed by atoms with Gasteiger partial charge in [0.1, 0.15) is 5.76 Å². The van der Waals surface area contributed by atoms with Crippen LogP contribution in [0.25, 0.3) is 0 Å². The molecule has 0 aliphatic carbocycles. The van der Waals surface area contributed by atoms with Crippen molar-refractivity contribution < 1.29 is 14.0 Å². The van der Waals surface area contributed by atoms with Gasteiger partial charge in [0, 0.05) is 29.9 Å². The van der Waals surface area contributed by atoms with Crippen LogP contribution in [0.15, 0.2) is 65.3 Å². The number of furan rings is 1. The number of rotatable bonds is 5. The molecule has 5 nitrogen and oxygen atoms in total. The van der Waals surface area contributed by atoms with Crippen molar-refractivity contribution >= 4 is 23.2 Å². The molecule has 29 heavy (non-hydrogen) atoms. The Bertz CT molecular complexity index is 1020. The Morgan fingerprint density at radius 3 is 2.59 bits per heavy atom. The van der Waals surface area contributed by atoms with Crippen LogP contribution in [-0.4, -0.2) is 18.4 Å². The molecule has 148 valence electrons. The van der Waals surface area contributed by atoms with Crippen LogP contribution in [0.3, 0.4) is 0 Å². The van der Waals surface area contributed by atoms with Gasteiger partial charge in [0.2, 0.25) is 5.91 Å². The van der Waals surface area contributed by atoms with Gasteiger partial charge in [0.25, 0.3) is 5.91 Å². The minimum absolute atomic E-state index is 0.0895. The number of nitrogens with zero attached hydrogens (tertiary/aromatic N) is 2. The minimum atomic E-state index is -0.0895. The average Bonchev–Trinajstić information content (AvgIpc) is 3.41. The normalized spacial score (nSPS) is 12.7. The van der Waals surface area contributed by atoms with E-state index in [-0.39, 0.29) is 11.8 Å². The van der Waals surface area contributed by atoms with Gasteiger partial charge in [-0.3, -0.25) is 9.59 Å². The summed E-state index contributed by atoms with van der Waals surface area (Å²) in [7, 11) is 0. The maximum atomic E-state index is 13.4. The number of anilines is 2. The smallest absolute Gasteiger partial charge is 0.258 e. The van der Waals surface area contributed by atoms with Gasteiger partial charge < -0.3 is 14.2 Å². The van der Waals surface area contributed by atoms with E-state index < -0.39 is 0 Å². The molecule has 3 aromatic rings. The molecule has 0 spiro atoms. The number of aryl methyl sites for hydroxylation is 1. The summed E-state index contributed by atoms with van der Waals surface area (Å²) >= 11 is 0. The first-order chi connectivity index (χ1) is 14.1. The molecule has 0 atom stereocenters. The second-order valence-corrected chi connectivity index (χ2v) is 7.30. The van der Waals surface area contributed by atoms with Crippen molar-refractivity contribution in [2.45, 2.75) is 33.2 Å². The molecule has 2 heterocycles. The van der Waals surface area contributed by atoms with Gasteiger partial charge in [-0.2, -0.15) is 0 Å². The monoisotopic (exact) mass is 388 g/mol. The van der Waals surface area contributed by atoms with E-state index in [9.17, 15) is 9.59 Å². The number of hydrogen-bond donors (Lipinski definition) is 0. The molecular weight excluding hydrogens is 364 g/mol. The molecule has 0 fully saturated rings. The Morgan fingerprint density at radius 2 is 1.90 bits per heavy atom. The van der Waals surface area contributed by atoms with Crippen molar-refractivity contribution in [2.24, 2.45) is 0 Å². The maximum absolute atomic E-state index is 13.4. The standard InChI is InChI=1S/C24H24N2O3/c1-3-23(27)25-13-12-18-15-19(8-11-22(18)25)24(28)26(16-21-5-4-14-29-21)20-9-6-17(2)7-10-20/h4-11,14-15H,3,12-13,16H2,1-2H3. The fraction of sp³-hybridized carbons (Fsp3) is 0.250. The summed E-state index contributed by atoms with van der Waals surface area (Å²) < 4.78 is 5.48. The zero-order valence-electron chi connectivity index (χ0n) is 16.7. The fourth-order valence-electron chi connectivity index (χ4n) is 3.70. The topological polar surface area (TPSA) is 53.8 Å². The lowest BCUT2D eigenvalue weighted by Gasteiger charge is -2.23. The van der Waals surface area contributed by atoms with Crippen LogP contribution in [0.2, 0.25) is 0 Å². The summed E-state index contributed by atoms with van der Waals surface area (Å²) in [6.07, 6.45) is 2.86. The first-order valence-corrected chi connectivity index (χ1v) is 9.91. The molecule has 1 aliphatic rings. The average molecular weight is 388 g/mol. The van der Waals surface area contributed by atoms with Crippen LogP contribution < -0.4 is 9.80 Å². The van der Waals surface area contributed by atoms with Crippen molar-refractivity contribution in [3.05, 3.63) is 83.3 Å². The van der Waals surface area contributed by atoms with Crippen LogP contribution in [-0.2, 0) is 17.8 Å². The Labute approximate surface area is 170 Å². The second-order valence-electron chi connectivity index (χ2n) is 7.30. The van der Waals surface area contributed by atoms with Gasteiger partial charge in [-0.15, -0.1) is 0 Å². The Hall–Kier alpha value is -3.34.